The summed E-state index contributed by atoms with van der Waals surface area (Å²) in [4.78, 5) is 1.08. The molecule has 0 unspecified atom stereocenters. The Hall–Kier alpha value is -0.830. The average Bonchev–Trinajstić information content (AvgIpc) is 2.06. The van der Waals surface area contributed by atoms with Gasteiger partial charge in [-0.25, -0.2) is 0 Å². The van der Waals surface area contributed by atoms with Crippen LogP contribution in [-0.4, -0.2) is 11.9 Å². The minimum atomic E-state index is 0.167. The van der Waals surface area contributed by atoms with Gasteiger partial charge in [0.2, 0.25) is 0 Å². The molecule has 3 heteroatoms. The molecule has 2 N–H and O–H groups in total. The fraction of sp³-hybridized carbons (Fsp3) is 0.455. The zero-order chi connectivity index (χ0) is 10.8. The molecule has 0 fully saturated rings. The average molecular weight is 211 g/mol. The highest BCUT2D eigenvalue weighted by atomic mass is 32.2. The summed E-state index contributed by atoms with van der Waals surface area (Å²) in [6, 6.07) is 5.86. The van der Waals surface area contributed by atoms with Crippen LogP contribution in [-0.2, 0) is 0 Å². The van der Waals surface area contributed by atoms with Gasteiger partial charge in [0, 0.05) is 9.64 Å². The molecule has 0 spiro atoms. The van der Waals surface area contributed by atoms with Crippen molar-refractivity contribution in [1.82, 2.24) is 0 Å². The highest BCUT2D eigenvalue weighted by Gasteiger charge is 2.15. The molecular formula is C11H17NOS. The van der Waals surface area contributed by atoms with Crippen LogP contribution >= 0.6 is 11.8 Å². The Bertz CT molecular complexity index is 318. The van der Waals surface area contributed by atoms with Crippen molar-refractivity contribution in [2.24, 2.45) is 0 Å². The van der Waals surface area contributed by atoms with E-state index in [1.165, 1.54) is 0 Å². The van der Waals surface area contributed by atoms with E-state index in [-0.39, 0.29) is 4.75 Å². The van der Waals surface area contributed by atoms with E-state index in [1.54, 1.807) is 18.9 Å². The minimum absolute atomic E-state index is 0.167. The molecule has 2 nitrogen and oxygen atoms in total. The Balaban J connectivity index is 2.98. The lowest BCUT2D eigenvalue weighted by Gasteiger charge is -2.19. The number of methoxy groups -OCH3 is 1. The van der Waals surface area contributed by atoms with Crippen molar-refractivity contribution in [3.05, 3.63) is 18.2 Å². The number of thioether (sulfide) groups is 1. The Morgan fingerprint density at radius 2 is 1.93 bits per heavy atom. The van der Waals surface area contributed by atoms with Crippen LogP contribution in [0.5, 0.6) is 5.75 Å². The second-order valence-corrected chi connectivity index (χ2v) is 5.96. The second-order valence-electron chi connectivity index (χ2n) is 4.09. The first-order chi connectivity index (χ1) is 6.44. The van der Waals surface area contributed by atoms with E-state index >= 15 is 0 Å². The Morgan fingerprint density at radius 3 is 2.43 bits per heavy atom. The minimum Gasteiger partial charge on any atom is -0.495 e. The molecule has 14 heavy (non-hydrogen) atoms. The van der Waals surface area contributed by atoms with Crippen LogP contribution in [0.4, 0.5) is 5.69 Å². The maximum absolute atomic E-state index is 5.96. The standard InChI is InChI=1S/C11H17NOS/c1-11(2,3)14-9-7-5-6-8(13-4)10(9)12/h5-7H,12H2,1-4H3. The van der Waals surface area contributed by atoms with Crippen LogP contribution in [0.2, 0.25) is 0 Å². The maximum Gasteiger partial charge on any atom is 0.142 e. The van der Waals surface area contributed by atoms with Crippen molar-refractivity contribution >= 4 is 17.4 Å². The summed E-state index contributed by atoms with van der Waals surface area (Å²) in [6.07, 6.45) is 0. The second kappa shape index (κ2) is 4.13. The molecular weight excluding hydrogens is 194 g/mol. The van der Waals surface area contributed by atoms with Gasteiger partial charge in [-0.3, -0.25) is 0 Å². The first-order valence-electron chi connectivity index (χ1n) is 4.55. The highest BCUT2D eigenvalue weighted by Crippen LogP contribution is 2.38. The van der Waals surface area contributed by atoms with E-state index < -0.39 is 0 Å². The third-order valence-electron chi connectivity index (χ3n) is 1.66. The fourth-order valence-corrected chi connectivity index (χ4v) is 2.14. The topological polar surface area (TPSA) is 35.2 Å². The normalized spacial score (nSPS) is 11.4. The van der Waals surface area contributed by atoms with Gasteiger partial charge in [-0.1, -0.05) is 26.8 Å². The SMILES string of the molecule is COc1cccc(SC(C)(C)C)c1N. The number of nitrogen functional groups attached to an aromatic ring is 1. The van der Waals surface area contributed by atoms with Gasteiger partial charge in [0.15, 0.2) is 0 Å². The first-order valence-corrected chi connectivity index (χ1v) is 5.37. The Kier molecular flexibility index (Phi) is 3.32. The largest absolute Gasteiger partial charge is 0.495 e. The quantitative estimate of drug-likeness (QED) is 0.603. The Labute approximate surface area is 89.8 Å². The van der Waals surface area contributed by atoms with Crippen LogP contribution in [0.15, 0.2) is 23.1 Å². The highest BCUT2D eigenvalue weighted by molar-refractivity contribution is 8.00. The van der Waals surface area contributed by atoms with Gasteiger partial charge in [-0.05, 0) is 12.1 Å². The van der Waals surface area contributed by atoms with Crippen molar-refractivity contribution in [3.8, 4) is 5.75 Å². The van der Waals surface area contributed by atoms with Gasteiger partial charge in [-0.15, -0.1) is 11.8 Å². The molecule has 1 aromatic carbocycles. The number of anilines is 1. The van der Waals surface area contributed by atoms with E-state index in [9.17, 15) is 0 Å². The van der Waals surface area contributed by atoms with Crippen molar-refractivity contribution in [2.45, 2.75) is 30.4 Å². The van der Waals surface area contributed by atoms with E-state index in [0.717, 1.165) is 16.3 Å². The number of hydrogen-bond donors (Lipinski definition) is 1. The molecule has 0 aliphatic heterocycles. The molecule has 0 saturated heterocycles. The lowest BCUT2D eigenvalue weighted by molar-refractivity contribution is 0.416. The van der Waals surface area contributed by atoms with Gasteiger partial charge >= 0.3 is 0 Å². The summed E-state index contributed by atoms with van der Waals surface area (Å²) >= 11 is 1.75. The molecule has 0 aliphatic carbocycles. The summed E-state index contributed by atoms with van der Waals surface area (Å²) in [5.41, 5.74) is 6.69. The summed E-state index contributed by atoms with van der Waals surface area (Å²) in [6.45, 7) is 6.49. The van der Waals surface area contributed by atoms with Crippen molar-refractivity contribution in [1.29, 1.82) is 0 Å². The molecule has 0 atom stereocenters. The van der Waals surface area contributed by atoms with Crippen LogP contribution in [0.25, 0.3) is 0 Å². The molecule has 0 amide bonds. The number of benzene rings is 1. The number of rotatable bonds is 2. The molecule has 0 radical (unpaired) electrons. The van der Waals surface area contributed by atoms with Gasteiger partial charge in [0.25, 0.3) is 0 Å². The third kappa shape index (κ3) is 2.84. The molecule has 0 aliphatic rings. The zero-order valence-corrected chi connectivity index (χ0v) is 9.94. The van der Waals surface area contributed by atoms with Crippen molar-refractivity contribution < 1.29 is 4.74 Å². The van der Waals surface area contributed by atoms with Gasteiger partial charge < -0.3 is 10.5 Å². The third-order valence-corrected chi connectivity index (χ3v) is 2.85. The molecule has 78 valence electrons. The molecule has 0 saturated carbocycles. The van der Waals surface area contributed by atoms with E-state index in [2.05, 4.69) is 20.8 Å². The summed E-state index contributed by atoms with van der Waals surface area (Å²) in [5.74, 6) is 0.749. The predicted molar refractivity (Wildman–Crippen MR) is 63.0 cm³/mol. The Morgan fingerprint density at radius 1 is 1.29 bits per heavy atom. The van der Waals surface area contributed by atoms with E-state index in [0.29, 0.717) is 0 Å². The van der Waals surface area contributed by atoms with E-state index in [1.807, 2.05) is 18.2 Å². The number of para-hydroxylation sites is 1. The van der Waals surface area contributed by atoms with Crippen molar-refractivity contribution in [2.75, 3.05) is 12.8 Å². The van der Waals surface area contributed by atoms with E-state index in [4.69, 9.17) is 10.5 Å². The zero-order valence-electron chi connectivity index (χ0n) is 9.13. The monoisotopic (exact) mass is 211 g/mol. The molecule has 0 aromatic heterocycles. The molecule has 0 bridgehead atoms. The lowest BCUT2D eigenvalue weighted by Crippen LogP contribution is -2.07. The smallest absolute Gasteiger partial charge is 0.142 e. The van der Waals surface area contributed by atoms with Crippen LogP contribution in [0, 0.1) is 0 Å². The van der Waals surface area contributed by atoms with Crippen LogP contribution in [0.3, 0.4) is 0 Å². The van der Waals surface area contributed by atoms with Gasteiger partial charge in [-0.2, -0.15) is 0 Å². The van der Waals surface area contributed by atoms with Crippen molar-refractivity contribution in [3.63, 3.8) is 0 Å². The lowest BCUT2D eigenvalue weighted by atomic mass is 10.3. The molecule has 1 rings (SSSR count). The summed E-state index contributed by atoms with van der Waals surface area (Å²) in [5, 5.41) is 0. The van der Waals surface area contributed by atoms with Gasteiger partial charge in [0.1, 0.15) is 5.75 Å². The number of ether oxygens (including phenoxy) is 1. The number of hydrogen-bond acceptors (Lipinski definition) is 3. The summed E-state index contributed by atoms with van der Waals surface area (Å²) in [7, 11) is 1.64. The van der Waals surface area contributed by atoms with Gasteiger partial charge in [0.05, 0.1) is 12.8 Å². The predicted octanol–water partition coefficient (Wildman–Crippen LogP) is 3.17. The maximum atomic E-state index is 5.96. The fourth-order valence-electron chi connectivity index (χ4n) is 1.12. The first kappa shape index (κ1) is 11.2. The van der Waals surface area contributed by atoms with Crippen LogP contribution in [0.1, 0.15) is 20.8 Å². The molecule has 0 heterocycles. The molecule has 1 aromatic rings. The number of nitrogens with two attached hydrogens (primary N) is 1. The summed E-state index contributed by atoms with van der Waals surface area (Å²) < 4.78 is 5.33. The van der Waals surface area contributed by atoms with Crippen LogP contribution < -0.4 is 10.5 Å².